The average molecular weight is 335 g/mol. The van der Waals surface area contributed by atoms with E-state index in [9.17, 15) is 4.79 Å². The second kappa shape index (κ2) is 6.76. The number of thiazole rings is 1. The summed E-state index contributed by atoms with van der Waals surface area (Å²) in [7, 11) is 0. The van der Waals surface area contributed by atoms with E-state index < -0.39 is 0 Å². The van der Waals surface area contributed by atoms with Gasteiger partial charge >= 0.3 is 0 Å². The van der Waals surface area contributed by atoms with E-state index in [0.717, 1.165) is 31.7 Å². The van der Waals surface area contributed by atoms with Gasteiger partial charge in [0, 0.05) is 38.0 Å². The van der Waals surface area contributed by atoms with E-state index in [1.54, 1.807) is 25.2 Å². The molecule has 1 aliphatic rings. The maximum Gasteiger partial charge on any atom is 0.249 e. The molecule has 0 saturated carbocycles. The summed E-state index contributed by atoms with van der Waals surface area (Å²) in [6, 6.07) is -0.138. The molecule has 0 radical (unpaired) electrons. The molecule has 0 N–H and O–H groups in total. The average Bonchev–Trinajstić information content (AvgIpc) is 3.04. The summed E-state index contributed by atoms with van der Waals surface area (Å²) in [4.78, 5) is 26.1. The normalized spacial score (nSPS) is 19.8. The molecule has 2 aromatic heterocycles. The Morgan fingerprint density at radius 1 is 1.39 bits per heavy atom. The summed E-state index contributed by atoms with van der Waals surface area (Å²) in [6.45, 7) is 8.68. The van der Waals surface area contributed by atoms with Crippen LogP contribution in [0.3, 0.4) is 0 Å². The van der Waals surface area contributed by atoms with Crippen LogP contribution in [0.25, 0.3) is 0 Å². The molecule has 0 aromatic carbocycles. The van der Waals surface area contributed by atoms with Gasteiger partial charge in [-0.15, -0.1) is 11.3 Å². The van der Waals surface area contributed by atoms with Crippen molar-refractivity contribution in [3.05, 3.63) is 27.8 Å². The number of amides is 1. The first-order chi connectivity index (χ1) is 11.0. The monoisotopic (exact) mass is 335 g/mol. The van der Waals surface area contributed by atoms with E-state index in [0.29, 0.717) is 18.3 Å². The SMILES string of the molecule is CC(=O)N1CCN(Cc2scnc2C)CCC1c1nc(C)no1. The Morgan fingerprint density at radius 2 is 2.22 bits per heavy atom. The smallest absolute Gasteiger partial charge is 0.249 e. The van der Waals surface area contributed by atoms with Gasteiger partial charge < -0.3 is 9.42 Å². The summed E-state index contributed by atoms with van der Waals surface area (Å²) in [5, 5.41) is 3.86. The number of rotatable bonds is 3. The molecule has 23 heavy (non-hydrogen) atoms. The third kappa shape index (κ3) is 3.59. The maximum atomic E-state index is 12.0. The van der Waals surface area contributed by atoms with Crippen LogP contribution in [0.1, 0.15) is 41.7 Å². The highest BCUT2D eigenvalue weighted by Crippen LogP contribution is 2.27. The highest BCUT2D eigenvalue weighted by molar-refractivity contribution is 7.09. The van der Waals surface area contributed by atoms with Crippen LogP contribution in [-0.2, 0) is 11.3 Å². The zero-order chi connectivity index (χ0) is 16.4. The molecular formula is C15H21N5O2S. The zero-order valence-corrected chi connectivity index (χ0v) is 14.5. The van der Waals surface area contributed by atoms with Crippen molar-refractivity contribution < 1.29 is 9.32 Å². The van der Waals surface area contributed by atoms with Crippen molar-refractivity contribution in [2.45, 2.75) is 39.8 Å². The van der Waals surface area contributed by atoms with Crippen molar-refractivity contribution >= 4 is 17.2 Å². The van der Waals surface area contributed by atoms with Crippen molar-refractivity contribution in [1.29, 1.82) is 0 Å². The molecule has 2 aromatic rings. The predicted molar refractivity (Wildman–Crippen MR) is 85.9 cm³/mol. The maximum absolute atomic E-state index is 12.0. The number of hydrogen-bond acceptors (Lipinski definition) is 7. The van der Waals surface area contributed by atoms with Crippen molar-refractivity contribution in [2.24, 2.45) is 0 Å². The summed E-state index contributed by atoms with van der Waals surface area (Å²) in [6.07, 6.45) is 0.791. The van der Waals surface area contributed by atoms with Crippen molar-refractivity contribution in [3.8, 4) is 0 Å². The van der Waals surface area contributed by atoms with Crippen LogP contribution in [0.5, 0.6) is 0 Å². The minimum Gasteiger partial charge on any atom is -0.337 e. The quantitative estimate of drug-likeness (QED) is 0.853. The summed E-state index contributed by atoms with van der Waals surface area (Å²) in [5.74, 6) is 1.18. The number of aryl methyl sites for hydroxylation is 2. The molecule has 124 valence electrons. The standard InChI is InChI=1S/C15H21N5O2S/c1-10-14(23-9-16-10)8-19-5-4-13(15-17-11(2)18-22-15)20(7-6-19)12(3)21/h9,13H,4-8H2,1-3H3. The van der Waals surface area contributed by atoms with E-state index in [1.807, 2.05) is 17.3 Å². The van der Waals surface area contributed by atoms with Gasteiger partial charge in [-0.25, -0.2) is 4.98 Å². The minimum atomic E-state index is -0.138. The molecule has 7 nitrogen and oxygen atoms in total. The first-order valence-electron chi connectivity index (χ1n) is 7.73. The van der Waals surface area contributed by atoms with E-state index in [2.05, 4.69) is 20.0 Å². The number of carbonyl (C=O) groups is 1. The Kier molecular flexibility index (Phi) is 4.72. The summed E-state index contributed by atoms with van der Waals surface area (Å²) in [5.41, 5.74) is 2.97. The van der Waals surface area contributed by atoms with Crippen LogP contribution >= 0.6 is 11.3 Å². The van der Waals surface area contributed by atoms with Gasteiger partial charge in [-0.1, -0.05) is 5.16 Å². The molecule has 1 atom stereocenters. The first kappa shape index (κ1) is 16.1. The Hall–Kier alpha value is -1.80. The van der Waals surface area contributed by atoms with E-state index in [1.165, 1.54) is 4.88 Å². The molecule has 1 amide bonds. The molecule has 1 unspecified atom stereocenters. The van der Waals surface area contributed by atoms with Gasteiger partial charge in [-0.3, -0.25) is 9.69 Å². The highest BCUT2D eigenvalue weighted by Gasteiger charge is 2.31. The topological polar surface area (TPSA) is 75.4 Å². The second-order valence-corrected chi connectivity index (χ2v) is 6.77. The van der Waals surface area contributed by atoms with Gasteiger partial charge in [0.25, 0.3) is 0 Å². The molecular weight excluding hydrogens is 314 g/mol. The minimum absolute atomic E-state index is 0.0432. The van der Waals surface area contributed by atoms with Crippen LogP contribution < -0.4 is 0 Å². The van der Waals surface area contributed by atoms with Crippen molar-refractivity contribution in [1.82, 2.24) is 24.9 Å². The number of aromatic nitrogens is 3. The van der Waals surface area contributed by atoms with Gasteiger partial charge in [-0.05, 0) is 20.3 Å². The Morgan fingerprint density at radius 3 is 2.83 bits per heavy atom. The van der Waals surface area contributed by atoms with Crippen LogP contribution in [0.4, 0.5) is 0 Å². The predicted octanol–water partition coefficient (Wildman–Crippen LogP) is 1.94. The molecule has 3 rings (SSSR count). The lowest BCUT2D eigenvalue weighted by molar-refractivity contribution is -0.131. The molecule has 1 aliphatic heterocycles. The largest absolute Gasteiger partial charge is 0.337 e. The summed E-state index contributed by atoms with van der Waals surface area (Å²) >= 11 is 1.68. The van der Waals surface area contributed by atoms with E-state index in [-0.39, 0.29) is 11.9 Å². The van der Waals surface area contributed by atoms with E-state index >= 15 is 0 Å². The van der Waals surface area contributed by atoms with Gasteiger partial charge in [-0.2, -0.15) is 4.98 Å². The third-order valence-corrected chi connectivity index (χ3v) is 5.12. The van der Waals surface area contributed by atoms with Crippen LogP contribution in [-0.4, -0.2) is 50.5 Å². The second-order valence-electron chi connectivity index (χ2n) is 5.83. The van der Waals surface area contributed by atoms with Crippen LogP contribution in [0.15, 0.2) is 10.0 Å². The van der Waals surface area contributed by atoms with E-state index in [4.69, 9.17) is 4.52 Å². The lowest BCUT2D eigenvalue weighted by Gasteiger charge is -2.25. The van der Waals surface area contributed by atoms with Crippen LogP contribution in [0.2, 0.25) is 0 Å². The zero-order valence-electron chi connectivity index (χ0n) is 13.7. The van der Waals surface area contributed by atoms with Crippen molar-refractivity contribution in [2.75, 3.05) is 19.6 Å². The summed E-state index contributed by atoms with van der Waals surface area (Å²) < 4.78 is 5.32. The highest BCUT2D eigenvalue weighted by atomic mass is 32.1. The van der Waals surface area contributed by atoms with Gasteiger partial charge in [0.2, 0.25) is 11.8 Å². The van der Waals surface area contributed by atoms with Crippen LogP contribution in [0, 0.1) is 13.8 Å². The molecule has 1 fully saturated rings. The molecule has 0 bridgehead atoms. The first-order valence-corrected chi connectivity index (χ1v) is 8.61. The lowest BCUT2D eigenvalue weighted by Crippen LogP contribution is -2.35. The third-order valence-electron chi connectivity index (χ3n) is 4.20. The fourth-order valence-electron chi connectivity index (χ4n) is 2.90. The number of nitrogens with zero attached hydrogens (tertiary/aromatic N) is 5. The molecule has 0 aliphatic carbocycles. The molecule has 3 heterocycles. The van der Waals surface area contributed by atoms with Gasteiger partial charge in [0.15, 0.2) is 5.82 Å². The fourth-order valence-corrected chi connectivity index (χ4v) is 3.72. The van der Waals surface area contributed by atoms with Gasteiger partial charge in [0.05, 0.1) is 11.2 Å². The number of carbonyl (C=O) groups excluding carboxylic acids is 1. The fraction of sp³-hybridized carbons (Fsp3) is 0.600. The molecule has 1 saturated heterocycles. The molecule has 8 heteroatoms. The lowest BCUT2D eigenvalue weighted by atomic mass is 10.1. The van der Waals surface area contributed by atoms with Crippen molar-refractivity contribution in [3.63, 3.8) is 0 Å². The Balaban J connectivity index is 1.75. The molecule has 0 spiro atoms. The Labute approximate surface area is 139 Å². The number of hydrogen-bond donors (Lipinski definition) is 0. The van der Waals surface area contributed by atoms with Gasteiger partial charge in [0.1, 0.15) is 6.04 Å². The Bertz CT molecular complexity index is 683.